The van der Waals surface area contributed by atoms with Gasteiger partial charge in [-0.3, -0.25) is 0 Å². The van der Waals surface area contributed by atoms with Crippen LogP contribution in [0, 0.1) is 5.41 Å². The Morgan fingerprint density at radius 1 is 0.950 bits per heavy atom. The lowest BCUT2D eigenvalue weighted by molar-refractivity contribution is 0.194. The minimum atomic E-state index is -0.163. The van der Waals surface area contributed by atoms with E-state index in [0.717, 1.165) is 12.8 Å². The van der Waals surface area contributed by atoms with Gasteiger partial charge in [-0.2, -0.15) is 0 Å². The second-order valence-corrected chi connectivity index (χ2v) is 5.93. The van der Waals surface area contributed by atoms with Gasteiger partial charge < -0.3 is 10.8 Å². The number of nitrogens with two attached hydrogens (primary N) is 1. The molecule has 2 aromatic rings. The van der Waals surface area contributed by atoms with Crippen molar-refractivity contribution in [3.63, 3.8) is 0 Å². The maximum absolute atomic E-state index is 9.85. The molecule has 2 aromatic carbocycles. The minimum Gasteiger partial charge on any atom is -0.396 e. The van der Waals surface area contributed by atoms with Crippen LogP contribution in [0.1, 0.15) is 17.5 Å². The van der Waals surface area contributed by atoms with Crippen molar-refractivity contribution in [1.29, 1.82) is 0 Å². The summed E-state index contributed by atoms with van der Waals surface area (Å²) in [5, 5.41) is 9.85. The van der Waals surface area contributed by atoms with E-state index < -0.39 is 0 Å². The summed E-state index contributed by atoms with van der Waals surface area (Å²) in [5.41, 5.74) is 8.41. The number of aliphatic hydroxyl groups is 1. The Bertz CT molecular complexity index is 562. The van der Waals surface area contributed by atoms with E-state index in [1.54, 1.807) is 0 Å². The second-order valence-electron chi connectivity index (χ2n) is 5.93. The number of rotatable bonds is 5. The smallest absolute Gasteiger partial charge is 0.0508 e. The summed E-state index contributed by atoms with van der Waals surface area (Å²) in [4.78, 5) is 0. The molecule has 104 valence electrons. The lowest BCUT2D eigenvalue weighted by atomic mass is 9.81. The van der Waals surface area contributed by atoms with Crippen LogP contribution >= 0.6 is 0 Å². The standard InChI is InChI=1S/C18H21NO/c19-13-17(14-20)12-18(17,16-9-5-2-6-10-16)11-15-7-3-1-4-8-15/h1-10,20H,11-14,19H2. The molecule has 0 bridgehead atoms. The maximum atomic E-state index is 9.85. The van der Waals surface area contributed by atoms with Crippen LogP contribution in [0.15, 0.2) is 60.7 Å². The number of hydrogen-bond acceptors (Lipinski definition) is 2. The van der Waals surface area contributed by atoms with Crippen LogP contribution in [0.4, 0.5) is 0 Å². The van der Waals surface area contributed by atoms with Crippen LogP contribution in [0.25, 0.3) is 0 Å². The molecule has 0 aromatic heterocycles. The molecule has 3 N–H and O–H groups in total. The van der Waals surface area contributed by atoms with Gasteiger partial charge in [-0.1, -0.05) is 60.7 Å². The first kappa shape index (κ1) is 13.3. The minimum absolute atomic E-state index is 0.0148. The summed E-state index contributed by atoms with van der Waals surface area (Å²) in [5.74, 6) is 0. The Morgan fingerprint density at radius 2 is 1.55 bits per heavy atom. The number of benzene rings is 2. The van der Waals surface area contributed by atoms with Crippen LogP contribution in [-0.2, 0) is 11.8 Å². The Morgan fingerprint density at radius 3 is 2.05 bits per heavy atom. The van der Waals surface area contributed by atoms with Crippen LogP contribution in [0.2, 0.25) is 0 Å². The summed E-state index contributed by atoms with van der Waals surface area (Å²) < 4.78 is 0. The quantitative estimate of drug-likeness (QED) is 0.874. The van der Waals surface area contributed by atoms with E-state index in [4.69, 9.17) is 5.73 Å². The number of hydrogen-bond donors (Lipinski definition) is 2. The topological polar surface area (TPSA) is 46.2 Å². The van der Waals surface area contributed by atoms with E-state index in [1.807, 2.05) is 12.1 Å². The molecule has 1 aliphatic carbocycles. The van der Waals surface area contributed by atoms with Crippen LogP contribution in [0.5, 0.6) is 0 Å². The molecule has 0 amide bonds. The molecule has 1 saturated carbocycles. The third kappa shape index (κ3) is 1.96. The van der Waals surface area contributed by atoms with Crippen molar-refractivity contribution in [2.24, 2.45) is 11.1 Å². The van der Waals surface area contributed by atoms with Gasteiger partial charge in [0.25, 0.3) is 0 Å². The van der Waals surface area contributed by atoms with E-state index in [2.05, 4.69) is 48.5 Å². The van der Waals surface area contributed by atoms with Crippen molar-refractivity contribution < 1.29 is 5.11 Å². The third-order valence-corrected chi connectivity index (χ3v) is 4.90. The molecule has 2 atom stereocenters. The molecule has 0 spiro atoms. The summed E-state index contributed by atoms with van der Waals surface area (Å²) in [6, 6.07) is 21.0. The fourth-order valence-electron chi connectivity index (χ4n) is 3.53. The van der Waals surface area contributed by atoms with Gasteiger partial charge in [0.15, 0.2) is 0 Å². The van der Waals surface area contributed by atoms with Crippen LogP contribution < -0.4 is 5.73 Å². The van der Waals surface area contributed by atoms with Gasteiger partial charge in [-0.15, -0.1) is 0 Å². The Balaban J connectivity index is 1.99. The van der Waals surface area contributed by atoms with Gasteiger partial charge >= 0.3 is 0 Å². The van der Waals surface area contributed by atoms with E-state index in [0.29, 0.717) is 6.54 Å². The molecule has 1 aliphatic rings. The average molecular weight is 267 g/mol. The molecule has 3 rings (SSSR count). The van der Waals surface area contributed by atoms with E-state index in [1.165, 1.54) is 11.1 Å². The molecular weight excluding hydrogens is 246 g/mol. The molecule has 1 fully saturated rings. The zero-order valence-electron chi connectivity index (χ0n) is 11.6. The van der Waals surface area contributed by atoms with Gasteiger partial charge in [-0.25, -0.2) is 0 Å². The highest BCUT2D eigenvalue weighted by molar-refractivity contribution is 5.41. The lowest BCUT2D eigenvalue weighted by Crippen LogP contribution is -2.31. The highest BCUT2D eigenvalue weighted by atomic mass is 16.3. The highest BCUT2D eigenvalue weighted by Crippen LogP contribution is 2.65. The number of aliphatic hydroxyl groups excluding tert-OH is 1. The van der Waals surface area contributed by atoms with E-state index >= 15 is 0 Å². The van der Waals surface area contributed by atoms with Crippen molar-refractivity contribution >= 4 is 0 Å². The fourth-order valence-corrected chi connectivity index (χ4v) is 3.53. The van der Waals surface area contributed by atoms with Crippen molar-refractivity contribution in [3.8, 4) is 0 Å². The van der Waals surface area contributed by atoms with Gasteiger partial charge in [0.2, 0.25) is 0 Å². The lowest BCUT2D eigenvalue weighted by Gasteiger charge is -2.24. The first-order valence-electron chi connectivity index (χ1n) is 7.17. The monoisotopic (exact) mass is 267 g/mol. The SMILES string of the molecule is NCC1(CO)CC1(Cc1ccccc1)c1ccccc1. The molecule has 20 heavy (non-hydrogen) atoms. The van der Waals surface area contributed by atoms with Crippen molar-refractivity contribution in [2.45, 2.75) is 18.3 Å². The Hall–Kier alpha value is -1.64. The van der Waals surface area contributed by atoms with Gasteiger partial charge in [-0.05, 0) is 24.0 Å². The van der Waals surface area contributed by atoms with Crippen molar-refractivity contribution in [2.75, 3.05) is 13.2 Å². The van der Waals surface area contributed by atoms with Crippen LogP contribution in [-0.4, -0.2) is 18.3 Å². The highest BCUT2D eigenvalue weighted by Gasteiger charge is 2.66. The summed E-state index contributed by atoms with van der Waals surface area (Å²) in [7, 11) is 0. The Labute approximate surface area is 120 Å². The zero-order valence-corrected chi connectivity index (χ0v) is 11.6. The predicted molar refractivity (Wildman–Crippen MR) is 81.5 cm³/mol. The fraction of sp³-hybridized carbons (Fsp3) is 0.333. The van der Waals surface area contributed by atoms with Crippen LogP contribution in [0.3, 0.4) is 0 Å². The molecule has 0 heterocycles. The summed E-state index contributed by atoms with van der Waals surface area (Å²) in [6.07, 6.45) is 1.90. The normalized spacial score (nSPS) is 28.3. The summed E-state index contributed by atoms with van der Waals surface area (Å²) >= 11 is 0. The summed E-state index contributed by atoms with van der Waals surface area (Å²) in [6.45, 7) is 0.691. The zero-order chi connectivity index (χ0) is 14.1. The molecule has 2 nitrogen and oxygen atoms in total. The van der Waals surface area contributed by atoms with Gasteiger partial charge in [0.1, 0.15) is 0 Å². The first-order valence-corrected chi connectivity index (χ1v) is 7.17. The molecule has 0 saturated heterocycles. The average Bonchev–Trinajstić information content (AvgIpc) is 3.19. The van der Waals surface area contributed by atoms with Gasteiger partial charge in [0.05, 0.1) is 6.61 Å². The van der Waals surface area contributed by atoms with E-state index in [-0.39, 0.29) is 17.4 Å². The molecule has 0 radical (unpaired) electrons. The molecule has 2 unspecified atom stereocenters. The second kappa shape index (κ2) is 5.04. The maximum Gasteiger partial charge on any atom is 0.0508 e. The largest absolute Gasteiger partial charge is 0.396 e. The molecule has 2 heteroatoms. The van der Waals surface area contributed by atoms with E-state index in [9.17, 15) is 5.11 Å². The third-order valence-electron chi connectivity index (χ3n) is 4.90. The van der Waals surface area contributed by atoms with Gasteiger partial charge in [0, 0.05) is 17.4 Å². The molecular formula is C18H21NO. The van der Waals surface area contributed by atoms with Crippen molar-refractivity contribution in [3.05, 3.63) is 71.8 Å². The predicted octanol–water partition coefficient (Wildman–Crippen LogP) is 2.51. The first-order chi connectivity index (χ1) is 9.76. The Kier molecular flexibility index (Phi) is 3.36. The van der Waals surface area contributed by atoms with Crippen molar-refractivity contribution in [1.82, 2.24) is 0 Å². The molecule has 0 aliphatic heterocycles.